The maximum Gasteiger partial charge on any atom is 0.339 e. The lowest BCUT2D eigenvalue weighted by Crippen LogP contribution is -2.14. The van der Waals surface area contributed by atoms with Crippen LogP contribution in [0.25, 0.3) is 0 Å². The maximum absolute atomic E-state index is 12.2. The van der Waals surface area contributed by atoms with E-state index in [9.17, 15) is 14.7 Å². The quantitative estimate of drug-likeness (QED) is 0.744. The van der Waals surface area contributed by atoms with Crippen molar-refractivity contribution in [3.05, 3.63) is 40.8 Å². The van der Waals surface area contributed by atoms with Crippen molar-refractivity contribution in [1.29, 1.82) is 0 Å². The standard InChI is InChI=1S/C14H14N2O5/c1-3-10-12(7(2)21-16-10)13(18)15-8-4-5-11(17)9(6-8)14(19)20/h4-6,17H,3H2,1-2H3,(H,15,18)(H,19,20). The fourth-order valence-corrected chi connectivity index (χ4v) is 1.93. The van der Waals surface area contributed by atoms with Crippen LogP contribution < -0.4 is 5.32 Å². The Bertz CT molecular complexity index is 705. The van der Waals surface area contributed by atoms with Crippen LogP contribution in [0, 0.1) is 6.92 Å². The molecule has 2 rings (SSSR count). The minimum absolute atomic E-state index is 0.262. The predicted molar refractivity (Wildman–Crippen MR) is 73.6 cm³/mol. The number of aromatic hydroxyl groups is 1. The van der Waals surface area contributed by atoms with Crippen molar-refractivity contribution in [2.24, 2.45) is 0 Å². The van der Waals surface area contributed by atoms with E-state index in [1.165, 1.54) is 18.2 Å². The van der Waals surface area contributed by atoms with Crippen molar-refractivity contribution in [2.75, 3.05) is 5.32 Å². The molecule has 0 radical (unpaired) electrons. The van der Waals surface area contributed by atoms with Crippen molar-refractivity contribution < 1.29 is 24.3 Å². The molecule has 2 aromatic rings. The number of aromatic carboxylic acids is 1. The minimum Gasteiger partial charge on any atom is -0.507 e. The van der Waals surface area contributed by atoms with Crippen LogP contribution in [-0.4, -0.2) is 27.2 Å². The molecule has 0 saturated heterocycles. The molecule has 21 heavy (non-hydrogen) atoms. The Hall–Kier alpha value is -2.83. The second-order valence-electron chi connectivity index (χ2n) is 4.41. The lowest BCUT2D eigenvalue weighted by molar-refractivity contribution is 0.0693. The monoisotopic (exact) mass is 290 g/mol. The summed E-state index contributed by atoms with van der Waals surface area (Å²) in [5.41, 5.74) is 0.841. The number of carboxylic acid groups (broad SMARTS) is 1. The van der Waals surface area contributed by atoms with Gasteiger partial charge in [-0.05, 0) is 31.5 Å². The Labute approximate surface area is 120 Å². The first-order valence-electron chi connectivity index (χ1n) is 6.26. The Morgan fingerprint density at radius 3 is 2.71 bits per heavy atom. The minimum atomic E-state index is -1.28. The second kappa shape index (κ2) is 5.66. The van der Waals surface area contributed by atoms with E-state index in [0.29, 0.717) is 23.4 Å². The van der Waals surface area contributed by atoms with Gasteiger partial charge in [-0.25, -0.2) is 4.79 Å². The molecular weight excluding hydrogens is 276 g/mol. The third-order valence-electron chi connectivity index (χ3n) is 2.98. The van der Waals surface area contributed by atoms with E-state index in [1.807, 2.05) is 6.92 Å². The SMILES string of the molecule is CCc1noc(C)c1C(=O)Nc1ccc(O)c(C(=O)O)c1. The average Bonchev–Trinajstić information content (AvgIpc) is 2.81. The van der Waals surface area contributed by atoms with E-state index in [2.05, 4.69) is 10.5 Å². The maximum atomic E-state index is 12.2. The molecule has 1 aromatic heterocycles. The largest absolute Gasteiger partial charge is 0.507 e. The number of nitrogens with one attached hydrogen (secondary N) is 1. The molecule has 0 unspecified atom stereocenters. The first kappa shape index (κ1) is 14.6. The summed E-state index contributed by atoms with van der Waals surface area (Å²) in [4.78, 5) is 23.2. The number of carboxylic acids is 1. The van der Waals surface area contributed by atoms with Gasteiger partial charge < -0.3 is 20.1 Å². The highest BCUT2D eigenvalue weighted by atomic mass is 16.5. The number of phenols is 1. The highest BCUT2D eigenvalue weighted by Crippen LogP contribution is 2.23. The highest BCUT2D eigenvalue weighted by Gasteiger charge is 2.20. The molecule has 1 aromatic carbocycles. The van der Waals surface area contributed by atoms with Crippen LogP contribution in [0.3, 0.4) is 0 Å². The van der Waals surface area contributed by atoms with Gasteiger partial charge in [-0.3, -0.25) is 4.79 Å². The van der Waals surface area contributed by atoms with E-state index < -0.39 is 11.9 Å². The van der Waals surface area contributed by atoms with E-state index in [1.54, 1.807) is 6.92 Å². The van der Waals surface area contributed by atoms with Gasteiger partial charge in [0.25, 0.3) is 5.91 Å². The van der Waals surface area contributed by atoms with Crippen molar-refractivity contribution >= 4 is 17.6 Å². The smallest absolute Gasteiger partial charge is 0.339 e. The third kappa shape index (κ3) is 2.86. The van der Waals surface area contributed by atoms with E-state index in [0.717, 1.165) is 0 Å². The fraction of sp³-hybridized carbons (Fsp3) is 0.214. The van der Waals surface area contributed by atoms with Gasteiger partial charge in [0.05, 0.1) is 5.69 Å². The summed E-state index contributed by atoms with van der Waals surface area (Å²) in [6.45, 7) is 3.47. The number of rotatable bonds is 4. The lowest BCUT2D eigenvalue weighted by atomic mass is 10.1. The summed E-state index contributed by atoms with van der Waals surface area (Å²) < 4.78 is 4.98. The average molecular weight is 290 g/mol. The van der Waals surface area contributed by atoms with E-state index >= 15 is 0 Å². The Balaban J connectivity index is 2.30. The third-order valence-corrected chi connectivity index (χ3v) is 2.98. The zero-order valence-corrected chi connectivity index (χ0v) is 11.5. The first-order valence-corrected chi connectivity index (χ1v) is 6.26. The molecule has 0 saturated carbocycles. The normalized spacial score (nSPS) is 10.4. The molecule has 0 aliphatic heterocycles. The summed E-state index contributed by atoms with van der Waals surface area (Å²) >= 11 is 0. The molecule has 1 amide bonds. The number of hydrogen-bond donors (Lipinski definition) is 3. The summed E-state index contributed by atoms with van der Waals surface area (Å²) in [5.74, 6) is -1.69. The van der Waals surface area contributed by atoms with Gasteiger partial charge in [-0.2, -0.15) is 0 Å². The van der Waals surface area contributed by atoms with Crippen LogP contribution in [0.2, 0.25) is 0 Å². The number of amides is 1. The van der Waals surface area contributed by atoms with Crippen LogP contribution in [0.15, 0.2) is 22.7 Å². The van der Waals surface area contributed by atoms with Gasteiger partial charge in [0.2, 0.25) is 0 Å². The Morgan fingerprint density at radius 2 is 2.10 bits per heavy atom. The van der Waals surface area contributed by atoms with E-state index in [4.69, 9.17) is 9.63 Å². The molecule has 7 nitrogen and oxygen atoms in total. The molecule has 110 valence electrons. The number of benzene rings is 1. The number of anilines is 1. The van der Waals surface area contributed by atoms with E-state index in [-0.39, 0.29) is 17.0 Å². The molecule has 3 N–H and O–H groups in total. The lowest BCUT2D eigenvalue weighted by Gasteiger charge is -2.07. The number of aromatic nitrogens is 1. The van der Waals surface area contributed by atoms with Crippen molar-refractivity contribution in [3.63, 3.8) is 0 Å². The molecule has 0 atom stereocenters. The summed E-state index contributed by atoms with van der Waals surface area (Å²) in [6.07, 6.45) is 0.538. The number of aryl methyl sites for hydroxylation is 2. The topological polar surface area (TPSA) is 113 Å². The summed E-state index contributed by atoms with van der Waals surface area (Å²) in [7, 11) is 0. The van der Waals surface area contributed by atoms with Crippen molar-refractivity contribution in [3.8, 4) is 5.75 Å². The van der Waals surface area contributed by atoms with Gasteiger partial charge in [0.1, 0.15) is 22.6 Å². The molecule has 0 fully saturated rings. The molecule has 7 heteroatoms. The predicted octanol–water partition coefficient (Wildman–Crippen LogP) is 2.20. The van der Waals surface area contributed by atoms with Crippen LogP contribution in [-0.2, 0) is 6.42 Å². The van der Waals surface area contributed by atoms with Crippen LogP contribution in [0.1, 0.15) is 39.1 Å². The Morgan fingerprint density at radius 1 is 1.38 bits per heavy atom. The van der Waals surface area contributed by atoms with Gasteiger partial charge in [0.15, 0.2) is 0 Å². The molecular formula is C14H14N2O5. The molecule has 1 heterocycles. The number of carbonyl (C=O) groups excluding carboxylic acids is 1. The number of hydrogen-bond acceptors (Lipinski definition) is 5. The molecule has 0 aliphatic rings. The number of carbonyl (C=O) groups is 2. The first-order chi connectivity index (χ1) is 9.93. The van der Waals surface area contributed by atoms with Gasteiger partial charge in [-0.1, -0.05) is 12.1 Å². The van der Waals surface area contributed by atoms with Crippen molar-refractivity contribution in [2.45, 2.75) is 20.3 Å². The summed E-state index contributed by atoms with van der Waals surface area (Å²) in [6, 6.07) is 3.80. The second-order valence-corrected chi connectivity index (χ2v) is 4.41. The number of nitrogens with zero attached hydrogens (tertiary/aromatic N) is 1. The zero-order valence-electron chi connectivity index (χ0n) is 11.5. The fourth-order valence-electron chi connectivity index (χ4n) is 1.93. The van der Waals surface area contributed by atoms with Crippen LogP contribution in [0.4, 0.5) is 5.69 Å². The van der Waals surface area contributed by atoms with Gasteiger partial charge >= 0.3 is 5.97 Å². The van der Waals surface area contributed by atoms with Crippen molar-refractivity contribution in [1.82, 2.24) is 5.16 Å². The van der Waals surface area contributed by atoms with Gasteiger partial charge in [-0.15, -0.1) is 0 Å². The van der Waals surface area contributed by atoms with Crippen LogP contribution >= 0.6 is 0 Å². The Kier molecular flexibility index (Phi) is 3.93. The van der Waals surface area contributed by atoms with Gasteiger partial charge in [0, 0.05) is 5.69 Å². The molecule has 0 spiro atoms. The van der Waals surface area contributed by atoms with Crippen LogP contribution in [0.5, 0.6) is 5.75 Å². The highest BCUT2D eigenvalue weighted by molar-refractivity contribution is 6.06. The summed E-state index contributed by atoms with van der Waals surface area (Å²) in [5, 5.41) is 24.7. The molecule has 0 aliphatic carbocycles. The zero-order chi connectivity index (χ0) is 15.6. The molecule has 0 bridgehead atoms.